The number of fused-ring (bicyclic) bond motifs is 8. The molecule has 2 aliphatic heterocycles. The summed E-state index contributed by atoms with van der Waals surface area (Å²) in [6, 6.07) is 21.1. The molecule has 0 saturated carbocycles. The van der Waals surface area contributed by atoms with Gasteiger partial charge in [0.25, 0.3) is 0 Å². The fourth-order valence-corrected chi connectivity index (χ4v) is 8.29. The quantitative estimate of drug-likeness (QED) is 0.322. The third-order valence-corrected chi connectivity index (χ3v) is 9.99. The van der Waals surface area contributed by atoms with Crippen molar-refractivity contribution in [3.05, 3.63) is 87.8 Å². The second kappa shape index (κ2) is 9.04. The smallest absolute Gasteiger partial charge is 0.241 e. The lowest BCUT2D eigenvalue weighted by Crippen LogP contribution is -2.38. The molecule has 9 heteroatoms. The number of benzene rings is 2. The van der Waals surface area contributed by atoms with Crippen LogP contribution < -0.4 is 10.3 Å². The third kappa shape index (κ3) is 3.77. The van der Waals surface area contributed by atoms with Gasteiger partial charge in [0, 0.05) is 21.9 Å². The van der Waals surface area contributed by atoms with E-state index < -0.39 is 0 Å². The number of hydrogen-bond donors (Lipinski definition) is 1. The number of amidine groups is 1. The number of thiophene rings is 1. The number of anilines is 1. The molecule has 1 atom stereocenters. The second-order valence-electron chi connectivity index (χ2n) is 8.89. The molecule has 0 fully saturated rings. The van der Waals surface area contributed by atoms with Crippen molar-refractivity contribution >= 4 is 46.0 Å². The van der Waals surface area contributed by atoms with Crippen molar-refractivity contribution in [2.24, 2.45) is 5.10 Å². The second-order valence-corrected chi connectivity index (χ2v) is 11.9. The van der Waals surface area contributed by atoms with Gasteiger partial charge in [-0.1, -0.05) is 84.2 Å². The van der Waals surface area contributed by atoms with Crippen LogP contribution in [0, 0.1) is 0 Å². The monoisotopic (exact) mass is 516 g/mol. The molecule has 7 rings (SSSR count). The minimum atomic E-state index is -0.00922. The van der Waals surface area contributed by atoms with Crippen LogP contribution in [0.25, 0.3) is 5.00 Å². The Bertz CT molecular complexity index is 1400. The number of aryl methyl sites for hydroxylation is 1. The summed E-state index contributed by atoms with van der Waals surface area (Å²) >= 11 is 5.43. The van der Waals surface area contributed by atoms with Gasteiger partial charge in [0.15, 0.2) is 16.5 Å². The number of nitrogens with one attached hydrogen (secondary N) is 1. The average molecular weight is 517 g/mol. The molecule has 35 heavy (non-hydrogen) atoms. The highest BCUT2D eigenvalue weighted by Crippen LogP contribution is 2.49. The molecule has 6 nitrogen and oxygen atoms in total. The van der Waals surface area contributed by atoms with Crippen LogP contribution in [0.4, 0.5) is 5.95 Å². The Hall–Kier alpha value is -2.75. The maximum absolute atomic E-state index is 4.80. The van der Waals surface area contributed by atoms with E-state index in [1.165, 1.54) is 51.4 Å². The lowest BCUT2D eigenvalue weighted by atomic mass is 9.94. The Labute approximate surface area is 216 Å². The van der Waals surface area contributed by atoms with Gasteiger partial charge in [-0.25, -0.2) is 4.57 Å². The molecule has 0 radical (unpaired) electrons. The van der Waals surface area contributed by atoms with Crippen molar-refractivity contribution in [3.63, 3.8) is 0 Å². The van der Waals surface area contributed by atoms with E-state index in [2.05, 4.69) is 80.7 Å². The minimum Gasteiger partial charge on any atom is -0.280 e. The Morgan fingerprint density at radius 2 is 1.60 bits per heavy atom. The van der Waals surface area contributed by atoms with Gasteiger partial charge >= 0.3 is 0 Å². The number of nitrogens with zero attached hydrogens (tertiary/aromatic N) is 5. The highest BCUT2D eigenvalue weighted by atomic mass is 32.2. The highest BCUT2D eigenvalue weighted by molar-refractivity contribution is 8.13. The molecule has 0 saturated heterocycles. The van der Waals surface area contributed by atoms with Crippen molar-refractivity contribution < 1.29 is 0 Å². The fourth-order valence-electron chi connectivity index (χ4n) is 4.99. The summed E-state index contributed by atoms with van der Waals surface area (Å²) in [7, 11) is 0. The van der Waals surface area contributed by atoms with Gasteiger partial charge in [0.2, 0.25) is 5.95 Å². The third-order valence-electron chi connectivity index (χ3n) is 6.67. The van der Waals surface area contributed by atoms with Crippen LogP contribution in [0.5, 0.6) is 0 Å². The molecule has 0 bridgehead atoms. The van der Waals surface area contributed by atoms with Crippen LogP contribution in [-0.2, 0) is 24.3 Å². The van der Waals surface area contributed by atoms with Gasteiger partial charge < -0.3 is 0 Å². The van der Waals surface area contributed by atoms with Gasteiger partial charge in [-0.2, -0.15) is 5.10 Å². The van der Waals surface area contributed by atoms with E-state index in [1.807, 2.05) is 11.3 Å². The van der Waals surface area contributed by atoms with Gasteiger partial charge in [-0.15, -0.1) is 21.5 Å². The molecule has 1 aliphatic carbocycles. The van der Waals surface area contributed by atoms with E-state index in [0.717, 1.165) is 34.2 Å². The first-order valence-corrected chi connectivity index (χ1v) is 14.7. The Balaban J connectivity index is 1.26. The molecule has 176 valence electrons. The fraction of sp³-hybridized carbons (Fsp3) is 0.269. The normalized spacial score (nSPS) is 17.8. The van der Waals surface area contributed by atoms with E-state index in [1.54, 1.807) is 23.5 Å². The zero-order chi connectivity index (χ0) is 23.2. The average Bonchev–Trinajstić information content (AvgIpc) is 3.62. The SMILES string of the molecule is c1ccc(CSC2=NNC3c4c(sc5c4CCCC5)-n4c(SCc5ccccc5)nnc4N23)cc1. The van der Waals surface area contributed by atoms with Gasteiger partial charge in [-0.3, -0.25) is 10.3 Å². The lowest BCUT2D eigenvalue weighted by molar-refractivity contribution is 0.576. The summed E-state index contributed by atoms with van der Waals surface area (Å²) in [5.41, 5.74) is 8.92. The predicted octanol–water partition coefficient (Wildman–Crippen LogP) is 6.13. The van der Waals surface area contributed by atoms with Crippen LogP contribution in [0.1, 0.15) is 46.1 Å². The highest BCUT2D eigenvalue weighted by Gasteiger charge is 2.44. The topological polar surface area (TPSA) is 58.3 Å². The van der Waals surface area contributed by atoms with Crippen LogP contribution >= 0.6 is 34.9 Å². The molecule has 2 aromatic carbocycles. The van der Waals surface area contributed by atoms with Crippen LogP contribution in [0.2, 0.25) is 0 Å². The number of hydrazone groups is 1. The number of rotatable bonds is 5. The van der Waals surface area contributed by atoms with E-state index >= 15 is 0 Å². The summed E-state index contributed by atoms with van der Waals surface area (Å²) in [6.07, 6.45) is 4.83. The summed E-state index contributed by atoms with van der Waals surface area (Å²) in [6.45, 7) is 0. The zero-order valence-corrected chi connectivity index (χ0v) is 21.5. The Kier molecular flexibility index (Phi) is 5.56. The molecule has 0 amide bonds. The molecule has 1 unspecified atom stereocenters. The van der Waals surface area contributed by atoms with E-state index in [0.29, 0.717) is 0 Å². The summed E-state index contributed by atoms with van der Waals surface area (Å²) in [5, 5.41) is 17.4. The maximum Gasteiger partial charge on any atom is 0.241 e. The van der Waals surface area contributed by atoms with Crippen molar-refractivity contribution in [1.29, 1.82) is 0 Å². The summed E-state index contributed by atoms with van der Waals surface area (Å²) in [5.74, 6) is 2.59. The van der Waals surface area contributed by atoms with E-state index in [9.17, 15) is 0 Å². The Morgan fingerprint density at radius 3 is 2.37 bits per heavy atom. The van der Waals surface area contributed by atoms with Gasteiger partial charge in [0.1, 0.15) is 5.00 Å². The lowest BCUT2D eigenvalue weighted by Gasteiger charge is -2.32. The predicted molar refractivity (Wildman–Crippen MR) is 145 cm³/mol. The Morgan fingerprint density at radius 1 is 0.886 bits per heavy atom. The van der Waals surface area contributed by atoms with E-state index in [-0.39, 0.29) is 6.17 Å². The van der Waals surface area contributed by atoms with Crippen LogP contribution in [0.15, 0.2) is 70.9 Å². The van der Waals surface area contributed by atoms with Crippen LogP contribution in [-0.4, -0.2) is 19.9 Å². The van der Waals surface area contributed by atoms with E-state index in [4.69, 9.17) is 10.2 Å². The number of hydrogen-bond acceptors (Lipinski definition) is 8. The first-order chi connectivity index (χ1) is 17.4. The number of aromatic nitrogens is 3. The van der Waals surface area contributed by atoms with Crippen molar-refractivity contribution in [1.82, 2.24) is 20.2 Å². The minimum absolute atomic E-state index is 0.00922. The summed E-state index contributed by atoms with van der Waals surface area (Å²) < 4.78 is 2.29. The largest absolute Gasteiger partial charge is 0.280 e. The van der Waals surface area contributed by atoms with Crippen molar-refractivity contribution in [2.45, 2.75) is 48.5 Å². The molecule has 4 heterocycles. The van der Waals surface area contributed by atoms with Crippen LogP contribution in [0.3, 0.4) is 0 Å². The maximum atomic E-state index is 4.80. The summed E-state index contributed by atoms with van der Waals surface area (Å²) in [4.78, 5) is 3.78. The van der Waals surface area contributed by atoms with Gasteiger partial charge in [-0.05, 0) is 42.4 Å². The molecule has 0 spiro atoms. The number of thioether (sulfide) groups is 2. The molecule has 2 aromatic heterocycles. The first kappa shape index (κ1) is 21.5. The molecule has 4 aromatic rings. The van der Waals surface area contributed by atoms with Gasteiger partial charge in [0.05, 0.1) is 0 Å². The molecule has 1 N–H and O–H groups in total. The first-order valence-electron chi connectivity index (χ1n) is 11.9. The standard InChI is InChI=1S/C26H24N6S3/c1-3-9-17(10-4-1)15-33-25-29-27-22-21-19-13-7-8-14-20(19)35-23(21)32-24(31(22)25)28-30-26(32)34-16-18-11-5-2-6-12-18/h1-6,9-12,22,27H,7-8,13-16H2. The molecule has 3 aliphatic rings. The van der Waals surface area contributed by atoms with Crippen molar-refractivity contribution in [2.75, 3.05) is 4.90 Å². The zero-order valence-electron chi connectivity index (χ0n) is 19.1. The van der Waals surface area contributed by atoms with Crippen molar-refractivity contribution in [3.8, 4) is 5.00 Å². The molecular formula is C26H24N6S3. The molecular weight excluding hydrogens is 493 g/mol.